The fourth-order valence-electron chi connectivity index (χ4n) is 1.16. The SMILES string of the molecule is [2H]C1([2H])OC(=O)N(/N=C/c2ccccc2[N+](=O)[O-])C1([2H])[2H]. The molecule has 0 unspecified atom stereocenters. The van der Waals surface area contributed by atoms with E-state index in [-0.39, 0.29) is 16.3 Å². The van der Waals surface area contributed by atoms with Gasteiger partial charge >= 0.3 is 6.09 Å². The predicted molar refractivity (Wildman–Crippen MR) is 58.7 cm³/mol. The smallest absolute Gasteiger partial charge is 0.430 e. The van der Waals surface area contributed by atoms with Crippen LogP contribution in [-0.4, -0.2) is 35.3 Å². The van der Waals surface area contributed by atoms with Gasteiger partial charge in [-0.05, 0) is 6.07 Å². The third kappa shape index (κ3) is 2.39. The highest BCUT2D eigenvalue weighted by Crippen LogP contribution is 2.15. The van der Waals surface area contributed by atoms with Crippen molar-refractivity contribution in [3.8, 4) is 0 Å². The van der Waals surface area contributed by atoms with Gasteiger partial charge in [-0.15, -0.1) is 0 Å². The Hall–Kier alpha value is -2.44. The molecule has 0 bridgehead atoms. The van der Waals surface area contributed by atoms with E-state index in [4.69, 9.17) is 5.48 Å². The molecule has 0 aromatic heterocycles. The number of hydrogen-bond donors (Lipinski definition) is 0. The van der Waals surface area contributed by atoms with Crippen LogP contribution in [-0.2, 0) is 4.74 Å². The lowest BCUT2D eigenvalue weighted by molar-refractivity contribution is -0.385. The van der Waals surface area contributed by atoms with E-state index in [0.29, 0.717) is 0 Å². The summed E-state index contributed by atoms with van der Waals surface area (Å²) in [5.74, 6) is 0. The monoisotopic (exact) mass is 239 g/mol. The average Bonchev–Trinajstić information content (AvgIpc) is 2.52. The number of nitro benzene ring substituents is 1. The van der Waals surface area contributed by atoms with Gasteiger partial charge in [-0.3, -0.25) is 10.1 Å². The topological polar surface area (TPSA) is 85.0 Å². The maximum atomic E-state index is 11.4. The fraction of sp³-hybridized carbons (Fsp3) is 0.200. The number of hydrazone groups is 1. The van der Waals surface area contributed by atoms with Crippen LogP contribution in [0.25, 0.3) is 0 Å². The lowest BCUT2D eigenvalue weighted by Gasteiger charge is -2.03. The fourth-order valence-corrected chi connectivity index (χ4v) is 1.16. The number of cyclic esters (lactones) is 1. The quantitative estimate of drug-likeness (QED) is 0.453. The molecule has 0 atom stereocenters. The maximum absolute atomic E-state index is 11.4. The van der Waals surface area contributed by atoms with Crippen molar-refractivity contribution in [3.63, 3.8) is 0 Å². The van der Waals surface area contributed by atoms with Gasteiger partial charge < -0.3 is 4.74 Å². The number of carbonyl (C=O) groups excluding carboxylic acids is 1. The summed E-state index contributed by atoms with van der Waals surface area (Å²) in [5, 5.41) is 14.5. The van der Waals surface area contributed by atoms with Gasteiger partial charge in [0.1, 0.15) is 6.56 Å². The Morgan fingerprint density at radius 1 is 1.59 bits per heavy atom. The highest BCUT2D eigenvalue weighted by molar-refractivity contribution is 5.86. The molecule has 1 amide bonds. The summed E-state index contributed by atoms with van der Waals surface area (Å²) in [5.41, 5.74) is -0.240. The Morgan fingerprint density at radius 3 is 3.00 bits per heavy atom. The van der Waals surface area contributed by atoms with E-state index in [2.05, 4.69) is 9.84 Å². The molecule has 7 nitrogen and oxygen atoms in total. The van der Waals surface area contributed by atoms with E-state index in [0.717, 1.165) is 6.21 Å². The van der Waals surface area contributed by atoms with E-state index in [1.54, 1.807) is 0 Å². The van der Waals surface area contributed by atoms with Crippen LogP contribution < -0.4 is 0 Å². The molecule has 7 heteroatoms. The molecule has 17 heavy (non-hydrogen) atoms. The molecule has 1 aliphatic rings. The third-order valence-electron chi connectivity index (χ3n) is 1.91. The average molecular weight is 239 g/mol. The van der Waals surface area contributed by atoms with Crippen LogP contribution in [0.4, 0.5) is 10.5 Å². The molecule has 1 fully saturated rings. The van der Waals surface area contributed by atoms with Crippen LogP contribution in [0.5, 0.6) is 0 Å². The first kappa shape index (κ1) is 7.00. The van der Waals surface area contributed by atoms with Crippen molar-refractivity contribution in [2.75, 3.05) is 13.1 Å². The lowest BCUT2D eigenvalue weighted by atomic mass is 10.2. The summed E-state index contributed by atoms with van der Waals surface area (Å²) < 4.78 is 33.8. The Bertz CT molecular complexity index is 634. The zero-order valence-electron chi connectivity index (χ0n) is 12.4. The second-order valence-electron chi connectivity index (χ2n) is 2.95. The molecule has 88 valence electrons. The molecule has 1 aromatic carbocycles. The highest BCUT2D eigenvalue weighted by atomic mass is 16.6. The minimum Gasteiger partial charge on any atom is -0.446 e. The van der Waals surface area contributed by atoms with Crippen molar-refractivity contribution in [2.45, 2.75) is 0 Å². The Labute approximate surface area is 102 Å². The third-order valence-corrected chi connectivity index (χ3v) is 1.91. The van der Waals surface area contributed by atoms with Gasteiger partial charge in [-0.25, -0.2) is 4.79 Å². The number of amides is 1. The number of carbonyl (C=O) groups is 1. The molecule has 1 aliphatic heterocycles. The highest BCUT2D eigenvalue weighted by Gasteiger charge is 2.21. The summed E-state index contributed by atoms with van der Waals surface area (Å²) in [6.07, 6.45) is -0.418. The van der Waals surface area contributed by atoms with Crippen molar-refractivity contribution in [1.29, 1.82) is 0 Å². The number of benzene rings is 1. The maximum Gasteiger partial charge on any atom is 0.430 e. The van der Waals surface area contributed by atoms with E-state index < -0.39 is 24.1 Å². The molecule has 0 N–H and O–H groups in total. The number of para-hydroxylation sites is 1. The number of nitro groups is 1. The van der Waals surface area contributed by atoms with Gasteiger partial charge in [0.15, 0.2) is 0 Å². The molecule has 1 saturated heterocycles. The number of hydrogen-bond acceptors (Lipinski definition) is 5. The number of ether oxygens (including phenoxy) is 1. The largest absolute Gasteiger partial charge is 0.446 e. The predicted octanol–water partition coefficient (Wildman–Crippen LogP) is 1.38. The Kier molecular flexibility index (Phi) is 1.89. The van der Waals surface area contributed by atoms with Gasteiger partial charge in [0.25, 0.3) is 5.69 Å². The molecule has 1 heterocycles. The standard InChI is InChI=1S/C10H9N3O4/c14-10-12(5-6-17-10)11-7-8-3-1-2-4-9(8)13(15)16/h1-4,7H,5-6H2/b11-7+/i5D2,6D2. The second kappa shape index (κ2) is 4.60. The van der Waals surface area contributed by atoms with Crippen molar-refractivity contribution < 1.29 is 19.9 Å². The van der Waals surface area contributed by atoms with E-state index in [9.17, 15) is 14.9 Å². The van der Waals surface area contributed by atoms with Gasteiger partial charge in [0.05, 0.1) is 28.7 Å². The van der Waals surface area contributed by atoms with Crippen LogP contribution in [0.2, 0.25) is 0 Å². The molecule has 0 spiro atoms. The minimum atomic E-state index is -2.87. The first-order chi connectivity index (χ1) is 9.67. The molecule has 2 rings (SSSR count). The summed E-state index contributed by atoms with van der Waals surface area (Å²) in [6, 6.07) is 5.52. The molecule has 0 radical (unpaired) electrons. The van der Waals surface area contributed by atoms with Gasteiger partial charge in [0, 0.05) is 6.07 Å². The first-order valence-electron chi connectivity index (χ1n) is 6.47. The molecule has 1 aromatic rings. The lowest BCUT2D eigenvalue weighted by Crippen LogP contribution is -2.17. The van der Waals surface area contributed by atoms with Gasteiger partial charge in [0.2, 0.25) is 0 Å². The van der Waals surface area contributed by atoms with Gasteiger partial charge in [-0.2, -0.15) is 10.1 Å². The first-order valence-corrected chi connectivity index (χ1v) is 4.47. The van der Waals surface area contributed by atoms with Crippen LogP contribution in [0.3, 0.4) is 0 Å². The second-order valence-corrected chi connectivity index (χ2v) is 2.95. The minimum absolute atomic E-state index is 0.0403. The normalized spacial score (nSPS) is 24.7. The van der Waals surface area contributed by atoms with Crippen molar-refractivity contribution in [1.82, 2.24) is 5.01 Å². The van der Waals surface area contributed by atoms with Crippen LogP contribution in [0, 0.1) is 10.1 Å². The zero-order valence-corrected chi connectivity index (χ0v) is 8.36. The van der Waals surface area contributed by atoms with Crippen molar-refractivity contribution >= 4 is 18.0 Å². The summed E-state index contributed by atoms with van der Waals surface area (Å²) in [6.45, 7) is -5.70. The number of nitrogens with zero attached hydrogens (tertiary/aromatic N) is 3. The van der Waals surface area contributed by atoms with Crippen LogP contribution >= 0.6 is 0 Å². The van der Waals surface area contributed by atoms with Crippen LogP contribution in [0.15, 0.2) is 29.4 Å². The summed E-state index contributed by atoms with van der Waals surface area (Å²) >= 11 is 0. The zero-order chi connectivity index (χ0) is 15.8. The van der Waals surface area contributed by atoms with E-state index in [1.165, 1.54) is 24.3 Å². The Morgan fingerprint density at radius 2 is 2.35 bits per heavy atom. The molecule has 0 saturated carbocycles. The Balaban J connectivity index is 2.34. The molecular weight excluding hydrogens is 226 g/mol. The molecule has 0 aliphatic carbocycles. The van der Waals surface area contributed by atoms with Crippen molar-refractivity contribution in [3.05, 3.63) is 39.9 Å². The summed E-state index contributed by atoms with van der Waals surface area (Å²) in [4.78, 5) is 21.6. The summed E-state index contributed by atoms with van der Waals surface area (Å²) in [7, 11) is 0. The number of rotatable bonds is 3. The van der Waals surface area contributed by atoms with Crippen LogP contribution in [0.1, 0.15) is 11.0 Å². The van der Waals surface area contributed by atoms with Gasteiger partial charge in [-0.1, -0.05) is 12.1 Å². The van der Waals surface area contributed by atoms with E-state index >= 15 is 0 Å². The van der Waals surface area contributed by atoms with E-state index in [1.807, 2.05) is 0 Å². The van der Waals surface area contributed by atoms with Crippen molar-refractivity contribution in [2.24, 2.45) is 5.10 Å². The molecular formula is C10H9N3O4.